The number of nitrogens with one attached hydrogen (secondary N) is 1. The van der Waals surface area contributed by atoms with Gasteiger partial charge in [0, 0.05) is 30.2 Å². The van der Waals surface area contributed by atoms with Gasteiger partial charge in [0.2, 0.25) is 11.6 Å². The third-order valence-corrected chi connectivity index (χ3v) is 6.64. The molecule has 9 heteroatoms. The van der Waals surface area contributed by atoms with Crippen LogP contribution in [0.3, 0.4) is 0 Å². The van der Waals surface area contributed by atoms with Crippen molar-refractivity contribution in [3.63, 3.8) is 0 Å². The van der Waals surface area contributed by atoms with Gasteiger partial charge in [-0.25, -0.2) is 4.79 Å². The van der Waals surface area contributed by atoms with E-state index in [1.807, 2.05) is 26.0 Å². The highest BCUT2D eigenvalue weighted by molar-refractivity contribution is 6.23. The van der Waals surface area contributed by atoms with Crippen molar-refractivity contribution in [3.05, 3.63) is 58.5 Å². The van der Waals surface area contributed by atoms with Gasteiger partial charge in [0.1, 0.15) is 6.10 Å². The van der Waals surface area contributed by atoms with Gasteiger partial charge >= 0.3 is 6.09 Å². The highest BCUT2D eigenvalue weighted by Gasteiger charge is 2.28. The van der Waals surface area contributed by atoms with Crippen molar-refractivity contribution in [2.75, 3.05) is 7.11 Å². The van der Waals surface area contributed by atoms with Crippen LogP contribution < -0.4 is 16.8 Å². The van der Waals surface area contributed by atoms with Crippen LogP contribution in [0.15, 0.2) is 58.5 Å². The number of Topliss-reactive ketones (excluding diaryl/α,β-unsaturated/α-hetero) is 1. The number of rotatable bonds is 4. The monoisotopic (exact) mass is 513 g/mol. The van der Waals surface area contributed by atoms with Crippen LogP contribution in [0.25, 0.3) is 0 Å². The normalized spacial score (nSPS) is 28.4. The Labute approximate surface area is 218 Å². The van der Waals surface area contributed by atoms with Crippen LogP contribution in [0, 0.1) is 5.92 Å². The van der Waals surface area contributed by atoms with Gasteiger partial charge in [-0.05, 0) is 57.9 Å². The van der Waals surface area contributed by atoms with E-state index in [-0.39, 0.29) is 29.0 Å². The molecule has 0 saturated carbocycles. The molecular formula is C28H39N3O6. The number of hydrogen-bond acceptors (Lipinski definition) is 7. The SMILES string of the molecule is CCCC1/C=C\C=C(/C)C(=O)NC2=CC(=O)C(N)=C(CCCC(OC)CC/C=C(\C)C1OC(N)=O)C2=O. The molecule has 0 radical (unpaired) electrons. The Morgan fingerprint density at radius 3 is 2.57 bits per heavy atom. The average molecular weight is 514 g/mol. The summed E-state index contributed by atoms with van der Waals surface area (Å²) in [4.78, 5) is 49.8. The highest BCUT2D eigenvalue weighted by Crippen LogP contribution is 2.25. The Balaban J connectivity index is 2.44. The number of hydrogen-bond donors (Lipinski definition) is 3. The van der Waals surface area contributed by atoms with Gasteiger partial charge in [0.25, 0.3) is 5.91 Å². The van der Waals surface area contributed by atoms with Crippen LogP contribution in [0.2, 0.25) is 0 Å². The molecule has 0 aromatic rings. The molecule has 2 rings (SSSR count). The molecule has 9 nitrogen and oxygen atoms in total. The van der Waals surface area contributed by atoms with Gasteiger partial charge in [-0.15, -0.1) is 0 Å². The lowest BCUT2D eigenvalue weighted by Gasteiger charge is -2.25. The topological polar surface area (TPSA) is 151 Å². The number of carbonyl (C=O) groups is 4. The van der Waals surface area contributed by atoms with Crippen LogP contribution >= 0.6 is 0 Å². The smallest absolute Gasteiger partial charge is 0.405 e. The zero-order valence-corrected chi connectivity index (χ0v) is 22.2. The Hall–Kier alpha value is -3.46. The van der Waals surface area contributed by atoms with Crippen LogP contribution in [-0.2, 0) is 23.9 Å². The van der Waals surface area contributed by atoms with Gasteiger partial charge in [0.15, 0.2) is 0 Å². The maximum absolute atomic E-state index is 13.0. The van der Waals surface area contributed by atoms with Crippen molar-refractivity contribution in [1.82, 2.24) is 5.32 Å². The van der Waals surface area contributed by atoms with E-state index in [0.717, 1.165) is 30.9 Å². The Bertz CT molecular complexity index is 1050. The minimum Gasteiger partial charge on any atom is -0.441 e. The number of primary amides is 1. The number of ketones is 2. The Morgan fingerprint density at radius 2 is 1.92 bits per heavy atom. The number of amides is 2. The maximum atomic E-state index is 13.0. The van der Waals surface area contributed by atoms with Gasteiger partial charge in [-0.3, -0.25) is 14.4 Å². The zero-order chi connectivity index (χ0) is 27.5. The molecule has 0 aromatic heterocycles. The van der Waals surface area contributed by atoms with E-state index in [1.54, 1.807) is 26.2 Å². The van der Waals surface area contributed by atoms with E-state index in [1.165, 1.54) is 0 Å². The Kier molecular flexibility index (Phi) is 11.5. The summed E-state index contributed by atoms with van der Waals surface area (Å²) in [6.45, 7) is 5.55. The fourth-order valence-corrected chi connectivity index (χ4v) is 4.51. The summed E-state index contributed by atoms with van der Waals surface area (Å²) < 4.78 is 11.1. The number of allylic oxidation sites excluding steroid dienone is 5. The summed E-state index contributed by atoms with van der Waals surface area (Å²) in [6.07, 6.45) is 11.4. The molecule has 0 saturated heterocycles. The molecule has 3 unspecified atom stereocenters. The van der Waals surface area contributed by atoms with Crippen molar-refractivity contribution >= 4 is 23.6 Å². The van der Waals surface area contributed by atoms with Gasteiger partial charge in [-0.2, -0.15) is 0 Å². The van der Waals surface area contributed by atoms with E-state index >= 15 is 0 Å². The van der Waals surface area contributed by atoms with E-state index in [0.29, 0.717) is 31.3 Å². The first-order chi connectivity index (χ1) is 17.6. The molecule has 1 aliphatic carbocycles. The third-order valence-electron chi connectivity index (χ3n) is 6.64. The molecule has 0 aromatic carbocycles. The molecule has 5 N–H and O–H groups in total. The number of fused-ring (bicyclic) bond motifs is 2. The lowest BCUT2D eigenvalue weighted by atomic mass is 9.90. The number of methoxy groups -OCH3 is 1. The lowest BCUT2D eigenvalue weighted by molar-refractivity contribution is -0.120. The summed E-state index contributed by atoms with van der Waals surface area (Å²) in [6, 6.07) is 0. The maximum Gasteiger partial charge on any atom is 0.405 e. The van der Waals surface area contributed by atoms with E-state index in [4.69, 9.17) is 20.9 Å². The molecule has 2 amide bonds. The minimum atomic E-state index is -0.848. The zero-order valence-electron chi connectivity index (χ0n) is 22.2. The van der Waals surface area contributed by atoms with Crippen LogP contribution in [0.1, 0.15) is 65.7 Å². The second-order valence-electron chi connectivity index (χ2n) is 9.42. The summed E-state index contributed by atoms with van der Waals surface area (Å²) in [5, 5.41) is 2.55. The molecule has 1 heterocycles. The molecule has 0 spiro atoms. The van der Waals surface area contributed by atoms with Crippen LogP contribution in [0.4, 0.5) is 4.79 Å². The minimum absolute atomic E-state index is 0.0780. The first-order valence-electron chi connectivity index (χ1n) is 12.7. The summed E-state index contributed by atoms with van der Waals surface area (Å²) in [7, 11) is 1.63. The molecule has 37 heavy (non-hydrogen) atoms. The van der Waals surface area contributed by atoms with Crippen LogP contribution in [0.5, 0.6) is 0 Å². The largest absolute Gasteiger partial charge is 0.441 e. The molecule has 202 valence electrons. The van der Waals surface area contributed by atoms with E-state index in [9.17, 15) is 19.2 Å². The molecule has 3 atom stereocenters. The van der Waals surface area contributed by atoms with Crippen molar-refractivity contribution < 1.29 is 28.7 Å². The average Bonchev–Trinajstić information content (AvgIpc) is 2.85. The van der Waals surface area contributed by atoms with Crippen molar-refractivity contribution in [2.45, 2.75) is 77.9 Å². The number of carbonyl (C=O) groups excluding carboxylic acids is 4. The number of nitrogens with two attached hydrogens (primary N) is 2. The molecule has 1 aliphatic heterocycles. The van der Waals surface area contributed by atoms with Crippen LogP contribution in [-0.4, -0.2) is 42.9 Å². The third kappa shape index (κ3) is 8.56. The summed E-state index contributed by atoms with van der Waals surface area (Å²) >= 11 is 0. The first kappa shape index (κ1) is 29.8. The molecular weight excluding hydrogens is 474 g/mol. The quantitative estimate of drug-likeness (QED) is 0.383. The van der Waals surface area contributed by atoms with E-state index in [2.05, 4.69) is 5.32 Å². The predicted molar refractivity (Wildman–Crippen MR) is 141 cm³/mol. The fraction of sp³-hybridized carbons (Fsp3) is 0.500. The van der Waals surface area contributed by atoms with Crippen molar-refractivity contribution in [1.29, 1.82) is 0 Å². The van der Waals surface area contributed by atoms with Crippen molar-refractivity contribution in [3.8, 4) is 0 Å². The van der Waals surface area contributed by atoms with Crippen molar-refractivity contribution in [2.24, 2.45) is 17.4 Å². The predicted octanol–water partition coefficient (Wildman–Crippen LogP) is 3.66. The second kappa shape index (κ2) is 14.3. The fourth-order valence-electron chi connectivity index (χ4n) is 4.51. The first-order valence-corrected chi connectivity index (χ1v) is 12.7. The van der Waals surface area contributed by atoms with Gasteiger partial charge < -0.3 is 26.3 Å². The highest BCUT2D eigenvalue weighted by atomic mass is 16.6. The molecule has 2 bridgehead atoms. The molecule has 0 fully saturated rings. The number of ether oxygens (including phenoxy) is 2. The van der Waals surface area contributed by atoms with Gasteiger partial charge in [0.05, 0.1) is 17.5 Å². The summed E-state index contributed by atoms with van der Waals surface area (Å²) in [5.74, 6) is -1.61. The van der Waals surface area contributed by atoms with Gasteiger partial charge in [-0.1, -0.05) is 37.6 Å². The molecule has 2 aliphatic rings. The van der Waals surface area contributed by atoms with E-state index < -0.39 is 29.7 Å². The Morgan fingerprint density at radius 1 is 1.19 bits per heavy atom. The second-order valence-corrected chi connectivity index (χ2v) is 9.42. The standard InChI is InChI=1S/C28H39N3O6/c1-5-9-19-12-6-11-18(3)27(34)31-22-16-23(32)24(29)21(25(22)33)15-8-14-20(36-4)13-7-10-17(2)26(19)37-28(30)35/h6,10-12,16,19-20,26H,5,7-9,13-15,29H2,1-4H3,(H2,30,35)(H,31,34)/b12-6-,17-10+,18-11+. The summed E-state index contributed by atoms with van der Waals surface area (Å²) in [5.41, 5.74) is 12.6. The lowest BCUT2D eigenvalue weighted by Crippen LogP contribution is -2.34.